The van der Waals surface area contributed by atoms with Gasteiger partial charge in [0.1, 0.15) is 5.82 Å². The van der Waals surface area contributed by atoms with Crippen molar-refractivity contribution in [3.63, 3.8) is 0 Å². The summed E-state index contributed by atoms with van der Waals surface area (Å²) in [5.41, 5.74) is 4.63. The van der Waals surface area contributed by atoms with E-state index in [0.29, 0.717) is 16.6 Å². The Morgan fingerprint density at radius 1 is 1.00 bits per heavy atom. The first-order chi connectivity index (χ1) is 16.4. The van der Waals surface area contributed by atoms with Crippen LogP contribution in [0.4, 0.5) is 0 Å². The molecule has 1 aromatic heterocycles. The Balaban J connectivity index is 1.65. The lowest BCUT2D eigenvalue weighted by molar-refractivity contribution is -0.139. The van der Waals surface area contributed by atoms with Crippen molar-refractivity contribution in [2.75, 3.05) is 7.11 Å². The van der Waals surface area contributed by atoms with Crippen molar-refractivity contribution < 1.29 is 9.53 Å². The van der Waals surface area contributed by atoms with Crippen LogP contribution in [0.5, 0.6) is 0 Å². The molecule has 1 heterocycles. The van der Waals surface area contributed by atoms with Gasteiger partial charge in [0.25, 0.3) is 0 Å². The first kappa shape index (κ1) is 24.3. The normalized spacial score (nSPS) is 11.2. The van der Waals surface area contributed by atoms with E-state index >= 15 is 0 Å². The SMILES string of the molecule is COC(=O)Cc1ccc(Cn2cc(-c3ccc(Cl)cc3Cl)nc2/C=C/c2ccc(Br)cc2)cc1. The number of benzene rings is 3. The van der Waals surface area contributed by atoms with Gasteiger partial charge in [0, 0.05) is 27.8 Å². The molecule has 7 heteroatoms. The average Bonchev–Trinajstić information content (AvgIpc) is 3.22. The Hall–Kier alpha value is -2.86. The summed E-state index contributed by atoms with van der Waals surface area (Å²) < 4.78 is 7.85. The fourth-order valence-corrected chi connectivity index (χ4v) is 4.23. The molecule has 3 aromatic carbocycles. The summed E-state index contributed by atoms with van der Waals surface area (Å²) in [6.07, 6.45) is 6.25. The molecule has 0 saturated heterocycles. The molecule has 0 amide bonds. The number of esters is 1. The van der Waals surface area contributed by atoms with Crippen molar-refractivity contribution in [1.82, 2.24) is 9.55 Å². The summed E-state index contributed by atoms with van der Waals surface area (Å²) in [6.45, 7) is 0.608. The van der Waals surface area contributed by atoms with Crippen LogP contribution < -0.4 is 0 Å². The molecule has 0 unspecified atom stereocenters. The molecular formula is C27H21BrCl2N2O2. The van der Waals surface area contributed by atoms with Crippen LogP contribution in [0.15, 0.2) is 77.4 Å². The number of ether oxygens (including phenoxy) is 1. The van der Waals surface area contributed by atoms with Crippen LogP contribution in [-0.4, -0.2) is 22.6 Å². The van der Waals surface area contributed by atoms with E-state index in [0.717, 1.165) is 38.2 Å². The Morgan fingerprint density at radius 2 is 1.71 bits per heavy atom. The van der Waals surface area contributed by atoms with E-state index in [-0.39, 0.29) is 12.4 Å². The number of aromatic nitrogens is 2. The highest BCUT2D eigenvalue weighted by Gasteiger charge is 2.12. The Kier molecular flexibility index (Phi) is 7.88. The first-order valence-electron chi connectivity index (χ1n) is 10.5. The van der Waals surface area contributed by atoms with E-state index in [1.807, 2.05) is 72.9 Å². The van der Waals surface area contributed by atoms with E-state index in [9.17, 15) is 4.79 Å². The highest BCUT2D eigenvalue weighted by Crippen LogP contribution is 2.30. The summed E-state index contributed by atoms with van der Waals surface area (Å²) in [7, 11) is 1.39. The molecule has 0 fully saturated rings. The van der Waals surface area contributed by atoms with Gasteiger partial charge in [0.15, 0.2) is 0 Å². The predicted molar refractivity (Wildman–Crippen MR) is 142 cm³/mol. The molecule has 0 saturated carbocycles. The van der Waals surface area contributed by atoms with Gasteiger partial charge in [-0.2, -0.15) is 0 Å². The van der Waals surface area contributed by atoms with Gasteiger partial charge in [-0.05, 0) is 53.1 Å². The fraction of sp³-hybridized carbons (Fsp3) is 0.111. The Labute approximate surface area is 216 Å². The van der Waals surface area contributed by atoms with Crippen LogP contribution in [0.3, 0.4) is 0 Å². The first-order valence-corrected chi connectivity index (χ1v) is 12.1. The summed E-state index contributed by atoms with van der Waals surface area (Å²) in [5, 5.41) is 1.13. The van der Waals surface area contributed by atoms with Crippen molar-refractivity contribution in [2.45, 2.75) is 13.0 Å². The van der Waals surface area contributed by atoms with E-state index in [2.05, 4.69) is 20.5 Å². The van der Waals surface area contributed by atoms with Crippen LogP contribution in [-0.2, 0) is 22.5 Å². The predicted octanol–water partition coefficient (Wildman–Crippen LogP) is 7.55. The second-order valence-electron chi connectivity index (χ2n) is 7.69. The van der Waals surface area contributed by atoms with Gasteiger partial charge in [-0.3, -0.25) is 4.79 Å². The molecule has 4 aromatic rings. The molecule has 0 N–H and O–H groups in total. The molecule has 0 aliphatic heterocycles. The minimum atomic E-state index is -0.257. The van der Waals surface area contributed by atoms with Gasteiger partial charge in [0.05, 0.1) is 24.2 Å². The van der Waals surface area contributed by atoms with Crippen molar-refractivity contribution >= 4 is 57.3 Å². The molecule has 0 spiro atoms. The minimum absolute atomic E-state index is 0.252. The molecule has 172 valence electrons. The number of methoxy groups -OCH3 is 1. The molecular weight excluding hydrogens is 535 g/mol. The maximum atomic E-state index is 11.5. The lowest BCUT2D eigenvalue weighted by Crippen LogP contribution is -2.05. The zero-order chi connectivity index (χ0) is 24.1. The van der Waals surface area contributed by atoms with Crippen LogP contribution in [0.1, 0.15) is 22.5 Å². The summed E-state index contributed by atoms with van der Waals surface area (Å²) in [4.78, 5) is 16.4. The van der Waals surface area contributed by atoms with E-state index in [1.165, 1.54) is 7.11 Å². The molecule has 0 atom stereocenters. The zero-order valence-corrected chi connectivity index (χ0v) is 21.4. The van der Waals surface area contributed by atoms with E-state index in [4.69, 9.17) is 32.9 Å². The van der Waals surface area contributed by atoms with Gasteiger partial charge in [0.2, 0.25) is 0 Å². The van der Waals surface area contributed by atoms with Crippen molar-refractivity contribution in [2.24, 2.45) is 0 Å². The van der Waals surface area contributed by atoms with E-state index in [1.54, 1.807) is 12.1 Å². The van der Waals surface area contributed by atoms with Gasteiger partial charge in [-0.15, -0.1) is 0 Å². The zero-order valence-electron chi connectivity index (χ0n) is 18.3. The number of rotatable bonds is 7. The molecule has 4 rings (SSSR count). The summed E-state index contributed by atoms with van der Waals surface area (Å²) in [6, 6.07) is 21.4. The van der Waals surface area contributed by atoms with Crippen LogP contribution in [0, 0.1) is 0 Å². The smallest absolute Gasteiger partial charge is 0.309 e. The Bertz CT molecular complexity index is 1330. The van der Waals surface area contributed by atoms with Crippen LogP contribution >= 0.6 is 39.1 Å². The molecule has 4 nitrogen and oxygen atoms in total. The largest absolute Gasteiger partial charge is 0.469 e. The summed E-state index contributed by atoms with van der Waals surface area (Å²) in [5.74, 6) is 0.537. The maximum absolute atomic E-state index is 11.5. The lowest BCUT2D eigenvalue weighted by Gasteiger charge is -2.07. The van der Waals surface area contributed by atoms with Gasteiger partial charge < -0.3 is 9.30 Å². The highest BCUT2D eigenvalue weighted by molar-refractivity contribution is 9.10. The average molecular weight is 556 g/mol. The topological polar surface area (TPSA) is 44.1 Å². The van der Waals surface area contributed by atoms with Gasteiger partial charge in [-0.25, -0.2) is 4.98 Å². The third-order valence-electron chi connectivity index (χ3n) is 5.26. The minimum Gasteiger partial charge on any atom is -0.469 e. The second kappa shape index (κ2) is 11.0. The van der Waals surface area contributed by atoms with Gasteiger partial charge in [-0.1, -0.05) is 81.6 Å². The van der Waals surface area contributed by atoms with Gasteiger partial charge >= 0.3 is 5.97 Å². The lowest BCUT2D eigenvalue weighted by atomic mass is 10.1. The number of carbonyl (C=O) groups is 1. The maximum Gasteiger partial charge on any atom is 0.309 e. The highest BCUT2D eigenvalue weighted by atomic mass is 79.9. The number of carbonyl (C=O) groups excluding carboxylic acids is 1. The number of nitrogens with zero attached hydrogens (tertiary/aromatic N) is 2. The Morgan fingerprint density at radius 3 is 2.38 bits per heavy atom. The standard InChI is InChI=1S/C27H21BrCl2N2O2/c1-34-27(33)14-19-2-4-20(5-3-19)16-32-17-25(23-12-11-22(29)15-24(23)30)31-26(32)13-8-18-6-9-21(28)10-7-18/h2-13,15,17H,14,16H2,1H3/b13-8+. The fourth-order valence-electron chi connectivity index (χ4n) is 3.46. The molecule has 0 aliphatic carbocycles. The van der Waals surface area contributed by atoms with Crippen molar-refractivity contribution in [3.05, 3.63) is 110 Å². The monoisotopic (exact) mass is 554 g/mol. The quantitative estimate of drug-likeness (QED) is 0.221. The molecule has 34 heavy (non-hydrogen) atoms. The van der Waals surface area contributed by atoms with Crippen molar-refractivity contribution in [3.8, 4) is 11.3 Å². The third-order valence-corrected chi connectivity index (χ3v) is 6.34. The van der Waals surface area contributed by atoms with Crippen molar-refractivity contribution in [1.29, 1.82) is 0 Å². The van der Waals surface area contributed by atoms with Crippen LogP contribution in [0.2, 0.25) is 10.0 Å². The second-order valence-corrected chi connectivity index (χ2v) is 9.45. The summed E-state index contributed by atoms with van der Waals surface area (Å²) >= 11 is 16.0. The van der Waals surface area contributed by atoms with E-state index < -0.39 is 0 Å². The molecule has 0 radical (unpaired) electrons. The molecule has 0 aliphatic rings. The number of hydrogen-bond acceptors (Lipinski definition) is 3. The number of hydrogen-bond donors (Lipinski definition) is 0. The third kappa shape index (κ3) is 6.17. The van der Waals surface area contributed by atoms with Crippen LogP contribution in [0.25, 0.3) is 23.4 Å². The number of halogens is 3. The molecule has 0 bridgehead atoms. The number of imidazole rings is 1.